The van der Waals surface area contributed by atoms with Gasteiger partial charge in [-0.05, 0) is 38.3 Å². The number of hydrogen-bond donors (Lipinski definition) is 1. The molecule has 0 fully saturated rings. The smallest absolute Gasteiger partial charge is 0.169 e. The lowest BCUT2D eigenvalue weighted by atomic mass is 9.86. The van der Waals surface area contributed by atoms with Crippen molar-refractivity contribution in [3.8, 4) is 0 Å². The number of hydrogen-bond acceptors (Lipinski definition) is 5. The molecule has 0 bridgehead atoms. The molecule has 6 heteroatoms. The van der Waals surface area contributed by atoms with E-state index in [1.54, 1.807) is 17.5 Å². The Morgan fingerprint density at radius 3 is 2.30 bits per heavy atom. The fourth-order valence-corrected chi connectivity index (χ4v) is 5.55. The Morgan fingerprint density at radius 2 is 1.73 bits per heavy atom. The van der Waals surface area contributed by atoms with E-state index in [0.717, 1.165) is 28.4 Å². The maximum atomic E-state index is 13.7. The van der Waals surface area contributed by atoms with Crippen molar-refractivity contribution in [3.63, 3.8) is 0 Å². The van der Waals surface area contributed by atoms with Gasteiger partial charge in [-0.25, -0.2) is 9.67 Å². The van der Waals surface area contributed by atoms with Gasteiger partial charge in [0.05, 0.1) is 23.3 Å². The van der Waals surface area contributed by atoms with E-state index < -0.39 is 0 Å². The number of nitrogens with one attached hydrogen (secondary N) is 1. The highest BCUT2D eigenvalue weighted by Crippen LogP contribution is 2.41. The molecule has 0 amide bonds. The molecule has 1 aliphatic heterocycles. The van der Waals surface area contributed by atoms with Crippen molar-refractivity contribution in [2.24, 2.45) is 0 Å². The van der Waals surface area contributed by atoms with Gasteiger partial charge in [-0.1, -0.05) is 60.7 Å². The van der Waals surface area contributed by atoms with Crippen molar-refractivity contribution >= 4 is 22.9 Å². The van der Waals surface area contributed by atoms with E-state index in [-0.39, 0.29) is 23.3 Å². The molecule has 0 saturated heterocycles. The molecule has 0 radical (unpaired) electrons. The SMILES string of the molecule is Cc1cnc(C2CC(C)(C)n3ncc(C(=O)CC(c4ccccc4)c4ccccc4)c3N2)s1. The first-order valence-corrected chi connectivity index (χ1v) is 12.1. The summed E-state index contributed by atoms with van der Waals surface area (Å²) in [5.41, 5.74) is 2.71. The van der Waals surface area contributed by atoms with Crippen LogP contribution in [0.15, 0.2) is 73.1 Å². The van der Waals surface area contributed by atoms with Crippen molar-refractivity contribution < 1.29 is 4.79 Å². The molecule has 2 aromatic heterocycles. The Hall–Kier alpha value is -3.25. The summed E-state index contributed by atoms with van der Waals surface area (Å²) in [5, 5.41) is 9.28. The molecule has 1 aliphatic rings. The van der Waals surface area contributed by atoms with Crippen molar-refractivity contribution in [1.82, 2.24) is 14.8 Å². The number of carbonyl (C=O) groups is 1. The molecule has 0 aliphatic carbocycles. The molecule has 5 rings (SSSR count). The number of thiazole rings is 1. The minimum Gasteiger partial charge on any atom is -0.360 e. The van der Waals surface area contributed by atoms with E-state index in [1.807, 2.05) is 47.3 Å². The average Bonchev–Trinajstić information content (AvgIpc) is 3.45. The highest BCUT2D eigenvalue weighted by molar-refractivity contribution is 7.11. The monoisotopic (exact) mass is 456 g/mol. The minimum atomic E-state index is -0.221. The van der Waals surface area contributed by atoms with Gasteiger partial charge < -0.3 is 5.32 Å². The van der Waals surface area contributed by atoms with Crippen LogP contribution in [0.25, 0.3) is 0 Å². The van der Waals surface area contributed by atoms with Crippen molar-refractivity contribution in [1.29, 1.82) is 0 Å². The van der Waals surface area contributed by atoms with E-state index in [4.69, 9.17) is 0 Å². The Bertz CT molecular complexity index is 1220. The van der Waals surface area contributed by atoms with E-state index in [1.165, 1.54) is 4.88 Å². The second-order valence-electron chi connectivity index (χ2n) is 9.34. The molecule has 1 atom stereocenters. The molecule has 0 spiro atoms. The van der Waals surface area contributed by atoms with E-state index in [9.17, 15) is 4.79 Å². The van der Waals surface area contributed by atoms with Crippen molar-refractivity contribution in [2.75, 3.05) is 5.32 Å². The summed E-state index contributed by atoms with van der Waals surface area (Å²) < 4.78 is 1.97. The summed E-state index contributed by atoms with van der Waals surface area (Å²) in [4.78, 5) is 19.5. The maximum absolute atomic E-state index is 13.7. The van der Waals surface area contributed by atoms with Gasteiger partial charge in [0.15, 0.2) is 5.78 Å². The number of rotatable bonds is 6. The second-order valence-corrected chi connectivity index (χ2v) is 10.6. The fourth-order valence-electron chi connectivity index (χ4n) is 4.73. The third kappa shape index (κ3) is 4.23. The number of fused-ring (bicyclic) bond motifs is 1. The zero-order valence-electron chi connectivity index (χ0n) is 19.2. The molecule has 1 N–H and O–H groups in total. The minimum absolute atomic E-state index is 0.00976. The predicted octanol–water partition coefficient (Wildman–Crippen LogP) is 6.34. The lowest BCUT2D eigenvalue weighted by Crippen LogP contribution is -2.38. The molecule has 4 aromatic rings. The predicted molar refractivity (Wildman–Crippen MR) is 133 cm³/mol. The normalized spacial score (nSPS) is 16.9. The summed E-state index contributed by atoms with van der Waals surface area (Å²) in [6.07, 6.45) is 4.89. The van der Waals surface area contributed by atoms with E-state index in [2.05, 4.69) is 60.4 Å². The summed E-state index contributed by atoms with van der Waals surface area (Å²) >= 11 is 1.70. The lowest BCUT2D eigenvalue weighted by molar-refractivity contribution is 0.0978. The molecule has 168 valence electrons. The number of nitrogens with zero attached hydrogens (tertiary/aromatic N) is 3. The number of ketones is 1. The zero-order valence-corrected chi connectivity index (χ0v) is 20.0. The van der Waals surface area contributed by atoms with Gasteiger partial charge in [-0.2, -0.15) is 5.10 Å². The van der Waals surface area contributed by atoms with Crippen LogP contribution in [0.3, 0.4) is 0 Å². The molecular formula is C27H28N4OS. The van der Waals surface area contributed by atoms with Gasteiger partial charge in [-0.15, -0.1) is 11.3 Å². The quantitative estimate of drug-likeness (QED) is 0.344. The third-order valence-electron chi connectivity index (χ3n) is 6.39. The Labute approximate surface area is 198 Å². The third-order valence-corrected chi connectivity index (χ3v) is 7.41. The standard InChI is InChI=1S/C27H28N4OS/c1-18-16-28-26(33-18)23-15-27(2,3)31-25(30-23)22(17-29-31)24(32)14-21(19-10-6-4-7-11-19)20-12-8-5-9-13-20/h4-13,16-17,21,23,30H,14-15H2,1-3H3. The summed E-state index contributed by atoms with van der Waals surface area (Å²) in [6.45, 7) is 6.41. The molecule has 3 heterocycles. The first kappa shape index (κ1) is 21.6. The Kier molecular flexibility index (Phi) is 5.62. The topological polar surface area (TPSA) is 59.8 Å². The van der Waals surface area contributed by atoms with Crippen LogP contribution in [0.1, 0.15) is 70.0 Å². The summed E-state index contributed by atoms with van der Waals surface area (Å²) in [5.74, 6) is 0.881. The van der Waals surface area contributed by atoms with Crippen LogP contribution >= 0.6 is 11.3 Å². The highest BCUT2D eigenvalue weighted by atomic mass is 32.1. The Balaban J connectivity index is 1.48. The number of carbonyl (C=O) groups excluding carboxylic acids is 1. The fraction of sp³-hybridized carbons (Fsp3) is 0.296. The van der Waals surface area contributed by atoms with Gasteiger partial charge in [0.25, 0.3) is 0 Å². The van der Waals surface area contributed by atoms with Crippen LogP contribution in [0.5, 0.6) is 0 Å². The van der Waals surface area contributed by atoms with Gasteiger partial charge in [0.1, 0.15) is 10.8 Å². The highest BCUT2D eigenvalue weighted by Gasteiger charge is 2.38. The van der Waals surface area contributed by atoms with Crippen LogP contribution in [-0.2, 0) is 5.54 Å². The molecule has 1 unspecified atom stereocenters. The van der Waals surface area contributed by atoms with Crippen LogP contribution in [-0.4, -0.2) is 20.5 Å². The summed E-state index contributed by atoms with van der Waals surface area (Å²) in [7, 11) is 0. The molecular weight excluding hydrogens is 428 g/mol. The molecule has 5 nitrogen and oxygen atoms in total. The zero-order chi connectivity index (χ0) is 23.0. The molecule has 2 aromatic carbocycles. The number of benzene rings is 2. The van der Waals surface area contributed by atoms with Gasteiger partial charge in [-0.3, -0.25) is 4.79 Å². The average molecular weight is 457 g/mol. The number of aryl methyl sites for hydroxylation is 1. The lowest BCUT2D eigenvalue weighted by Gasteiger charge is -2.37. The van der Waals surface area contributed by atoms with Gasteiger partial charge in [0.2, 0.25) is 0 Å². The number of anilines is 1. The van der Waals surface area contributed by atoms with Crippen LogP contribution < -0.4 is 5.32 Å². The molecule has 33 heavy (non-hydrogen) atoms. The maximum Gasteiger partial charge on any atom is 0.169 e. The summed E-state index contributed by atoms with van der Waals surface area (Å²) in [6, 6.07) is 20.6. The molecule has 0 saturated carbocycles. The van der Waals surface area contributed by atoms with Crippen LogP contribution in [0.2, 0.25) is 0 Å². The van der Waals surface area contributed by atoms with E-state index >= 15 is 0 Å². The number of Topliss-reactive ketones (excluding diaryl/α,β-unsaturated/α-hetero) is 1. The van der Waals surface area contributed by atoms with E-state index in [0.29, 0.717) is 12.0 Å². The van der Waals surface area contributed by atoms with Crippen LogP contribution in [0, 0.1) is 6.92 Å². The number of aromatic nitrogens is 3. The Morgan fingerprint density at radius 1 is 1.09 bits per heavy atom. The van der Waals surface area contributed by atoms with Gasteiger partial charge in [0, 0.05) is 23.4 Å². The second kappa shape index (κ2) is 8.60. The van der Waals surface area contributed by atoms with Crippen molar-refractivity contribution in [3.05, 3.63) is 99.6 Å². The van der Waals surface area contributed by atoms with Gasteiger partial charge >= 0.3 is 0 Å². The first-order chi connectivity index (χ1) is 15.9. The van der Waals surface area contributed by atoms with Crippen molar-refractivity contribution in [2.45, 2.75) is 51.1 Å². The van der Waals surface area contributed by atoms with Crippen LogP contribution in [0.4, 0.5) is 5.82 Å². The first-order valence-electron chi connectivity index (χ1n) is 11.3. The largest absolute Gasteiger partial charge is 0.360 e.